The average Bonchev–Trinajstić information content (AvgIpc) is 2.59. The molecule has 2 aliphatic rings. The first kappa shape index (κ1) is 17.0. The van der Waals surface area contributed by atoms with E-state index in [0.717, 1.165) is 25.7 Å². The van der Waals surface area contributed by atoms with Gasteiger partial charge in [-0.25, -0.2) is 0 Å². The molecule has 24 heavy (non-hydrogen) atoms. The minimum atomic E-state index is 0.617. The highest BCUT2D eigenvalue weighted by atomic mass is 14.3. The van der Waals surface area contributed by atoms with Gasteiger partial charge >= 0.3 is 0 Å². The molecule has 1 aromatic carbocycles. The lowest BCUT2D eigenvalue weighted by Crippen LogP contribution is -2.10. The fourth-order valence-electron chi connectivity index (χ4n) is 3.94. The van der Waals surface area contributed by atoms with Crippen LogP contribution in [-0.4, -0.2) is 0 Å². The lowest BCUT2D eigenvalue weighted by Gasteiger charge is -2.26. The third-order valence-corrected chi connectivity index (χ3v) is 5.58. The van der Waals surface area contributed by atoms with E-state index in [9.17, 15) is 0 Å². The fraction of sp³-hybridized carbons (Fsp3) is 0.417. The van der Waals surface area contributed by atoms with Gasteiger partial charge in [0.15, 0.2) is 0 Å². The van der Waals surface area contributed by atoms with E-state index in [4.69, 9.17) is 0 Å². The Bertz CT molecular complexity index is 712. The summed E-state index contributed by atoms with van der Waals surface area (Å²) < 4.78 is 0. The highest BCUT2D eigenvalue weighted by Gasteiger charge is 2.21. The Labute approximate surface area is 147 Å². The van der Waals surface area contributed by atoms with Crippen molar-refractivity contribution >= 4 is 5.57 Å². The van der Waals surface area contributed by atoms with Gasteiger partial charge in [0.2, 0.25) is 0 Å². The molecule has 0 saturated carbocycles. The summed E-state index contributed by atoms with van der Waals surface area (Å²) in [6.07, 6.45) is 12.7. The first-order chi connectivity index (χ1) is 11.6. The molecule has 0 spiro atoms. The van der Waals surface area contributed by atoms with Crippen LogP contribution < -0.4 is 0 Å². The van der Waals surface area contributed by atoms with Gasteiger partial charge in [0.25, 0.3) is 0 Å². The summed E-state index contributed by atoms with van der Waals surface area (Å²) >= 11 is 0. The Morgan fingerprint density at radius 2 is 2.12 bits per heavy atom. The predicted octanol–water partition coefficient (Wildman–Crippen LogP) is 6.83. The van der Waals surface area contributed by atoms with E-state index in [-0.39, 0.29) is 0 Å². The molecule has 0 nitrogen and oxygen atoms in total. The Morgan fingerprint density at radius 3 is 2.92 bits per heavy atom. The Balaban J connectivity index is 1.79. The predicted molar refractivity (Wildman–Crippen MR) is 106 cm³/mol. The van der Waals surface area contributed by atoms with Crippen molar-refractivity contribution < 1.29 is 0 Å². The second-order valence-corrected chi connectivity index (χ2v) is 7.48. The lowest BCUT2D eigenvalue weighted by atomic mass is 9.78. The van der Waals surface area contributed by atoms with E-state index in [1.54, 1.807) is 0 Å². The molecular weight excluding hydrogens is 288 g/mol. The summed E-state index contributed by atoms with van der Waals surface area (Å²) in [4.78, 5) is 0. The minimum Gasteiger partial charge on any atom is -0.0993 e. The third kappa shape index (κ3) is 3.48. The zero-order valence-electron chi connectivity index (χ0n) is 15.3. The second-order valence-electron chi connectivity index (χ2n) is 7.48. The SMILES string of the molecule is C=C1Cc2cc(CC(=C)[C@H](C)CCCC)ccc2C2=C1CCC=C2. The van der Waals surface area contributed by atoms with E-state index in [1.807, 2.05) is 0 Å². The number of benzene rings is 1. The van der Waals surface area contributed by atoms with Gasteiger partial charge < -0.3 is 0 Å². The van der Waals surface area contributed by atoms with Crippen molar-refractivity contribution in [2.45, 2.75) is 58.8 Å². The molecule has 0 aromatic heterocycles. The van der Waals surface area contributed by atoms with Gasteiger partial charge in [0, 0.05) is 0 Å². The van der Waals surface area contributed by atoms with E-state index >= 15 is 0 Å². The molecule has 0 heterocycles. The van der Waals surface area contributed by atoms with Crippen LogP contribution in [0.15, 0.2) is 60.2 Å². The van der Waals surface area contributed by atoms with Crippen LogP contribution in [0.3, 0.4) is 0 Å². The molecular formula is C24H30. The van der Waals surface area contributed by atoms with Crippen LogP contribution in [-0.2, 0) is 12.8 Å². The van der Waals surface area contributed by atoms with Crippen LogP contribution in [0.1, 0.15) is 62.6 Å². The van der Waals surface area contributed by atoms with Gasteiger partial charge in [-0.2, -0.15) is 0 Å². The van der Waals surface area contributed by atoms with Crippen LogP contribution in [0.2, 0.25) is 0 Å². The van der Waals surface area contributed by atoms with Crippen LogP contribution in [0.4, 0.5) is 0 Å². The number of unbranched alkanes of at least 4 members (excludes halogenated alkanes) is 1. The van der Waals surface area contributed by atoms with Crippen LogP contribution in [0, 0.1) is 5.92 Å². The smallest absolute Gasteiger partial charge is 0.00224 e. The van der Waals surface area contributed by atoms with Crippen molar-refractivity contribution in [2.24, 2.45) is 5.92 Å². The molecule has 1 atom stereocenters. The maximum absolute atomic E-state index is 4.36. The first-order valence-corrected chi connectivity index (χ1v) is 9.47. The van der Waals surface area contributed by atoms with E-state index in [2.05, 4.69) is 57.4 Å². The average molecular weight is 319 g/mol. The van der Waals surface area contributed by atoms with Gasteiger partial charge in [0.1, 0.15) is 0 Å². The van der Waals surface area contributed by atoms with E-state index in [1.165, 1.54) is 58.2 Å². The largest absolute Gasteiger partial charge is 0.0993 e. The normalized spacial score (nSPS) is 17.5. The van der Waals surface area contributed by atoms with Crippen molar-refractivity contribution in [3.8, 4) is 0 Å². The molecule has 1 aromatic rings. The topological polar surface area (TPSA) is 0 Å². The molecule has 126 valence electrons. The Morgan fingerprint density at radius 1 is 1.29 bits per heavy atom. The van der Waals surface area contributed by atoms with Crippen molar-refractivity contribution in [3.63, 3.8) is 0 Å². The molecule has 3 rings (SSSR count). The zero-order chi connectivity index (χ0) is 17.1. The minimum absolute atomic E-state index is 0.617. The van der Waals surface area contributed by atoms with Gasteiger partial charge in [-0.3, -0.25) is 0 Å². The maximum atomic E-state index is 4.36. The Hall–Kier alpha value is -1.82. The molecule has 0 N–H and O–H groups in total. The highest BCUT2D eigenvalue weighted by molar-refractivity contribution is 5.84. The third-order valence-electron chi connectivity index (χ3n) is 5.58. The van der Waals surface area contributed by atoms with Crippen molar-refractivity contribution in [1.29, 1.82) is 0 Å². The highest BCUT2D eigenvalue weighted by Crippen LogP contribution is 2.39. The van der Waals surface area contributed by atoms with Crippen molar-refractivity contribution in [3.05, 3.63) is 76.9 Å². The molecule has 0 saturated heterocycles. The number of hydrogen-bond donors (Lipinski definition) is 0. The molecule has 2 aliphatic carbocycles. The standard InChI is InChI=1S/C24H30/c1-5-6-9-17(2)18(3)14-20-12-13-23-21(16-20)15-19(4)22-10-7-8-11-24(22)23/h8,11-13,16-17H,3-7,9-10,14-15H2,1-2H3/t17-/m1/s1. The zero-order valence-corrected chi connectivity index (χ0v) is 15.3. The van der Waals surface area contributed by atoms with Crippen LogP contribution >= 0.6 is 0 Å². The summed E-state index contributed by atoms with van der Waals surface area (Å²) in [7, 11) is 0. The number of rotatable bonds is 6. The van der Waals surface area contributed by atoms with Crippen LogP contribution in [0.5, 0.6) is 0 Å². The molecule has 0 amide bonds. The second kappa shape index (κ2) is 7.38. The summed E-state index contributed by atoms with van der Waals surface area (Å²) in [6, 6.07) is 7.02. The van der Waals surface area contributed by atoms with E-state index < -0.39 is 0 Å². The van der Waals surface area contributed by atoms with E-state index in [0.29, 0.717) is 5.92 Å². The summed E-state index contributed by atoms with van der Waals surface area (Å²) in [6.45, 7) is 13.3. The van der Waals surface area contributed by atoms with Gasteiger partial charge in [0.05, 0.1) is 0 Å². The molecule has 0 aliphatic heterocycles. The lowest BCUT2D eigenvalue weighted by molar-refractivity contribution is 0.564. The van der Waals surface area contributed by atoms with Crippen molar-refractivity contribution in [2.75, 3.05) is 0 Å². The quantitative estimate of drug-likeness (QED) is 0.504. The van der Waals surface area contributed by atoms with Gasteiger partial charge in [-0.05, 0) is 71.4 Å². The van der Waals surface area contributed by atoms with Gasteiger partial charge in [-0.15, -0.1) is 0 Å². The number of allylic oxidation sites excluding steroid dienone is 6. The van der Waals surface area contributed by atoms with Crippen LogP contribution in [0.25, 0.3) is 5.57 Å². The first-order valence-electron chi connectivity index (χ1n) is 9.47. The number of fused-ring (bicyclic) bond motifs is 2. The summed E-state index contributed by atoms with van der Waals surface area (Å²) in [5.41, 5.74) is 9.84. The summed E-state index contributed by atoms with van der Waals surface area (Å²) in [5, 5.41) is 0. The fourth-order valence-corrected chi connectivity index (χ4v) is 3.94. The molecule has 0 radical (unpaired) electrons. The maximum Gasteiger partial charge on any atom is -0.00224 e. The number of hydrogen-bond acceptors (Lipinski definition) is 0. The van der Waals surface area contributed by atoms with Gasteiger partial charge in [-0.1, -0.05) is 75.8 Å². The molecule has 0 heteroatoms. The molecule has 0 bridgehead atoms. The Kier molecular flexibility index (Phi) is 5.23. The van der Waals surface area contributed by atoms with Crippen molar-refractivity contribution in [1.82, 2.24) is 0 Å². The summed E-state index contributed by atoms with van der Waals surface area (Å²) in [5.74, 6) is 0.617. The molecule has 0 fully saturated rings. The monoisotopic (exact) mass is 318 g/mol. The molecule has 0 unspecified atom stereocenters.